The maximum atomic E-state index is 12.2. The van der Waals surface area contributed by atoms with Gasteiger partial charge in [0.05, 0.1) is 6.54 Å². The third kappa shape index (κ3) is 3.80. The summed E-state index contributed by atoms with van der Waals surface area (Å²) in [6.45, 7) is 2.75. The Balaban J connectivity index is 1.92. The second-order valence-corrected chi connectivity index (χ2v) is 5.81. The van der Waals surface area contributed by atoms with E-state index in [9.17, 15) is 9.90 Å². The maximum absolute atomic E-state index is 12.2. The topological polar surface area (TPSA) is 40.5 Å². The minimum Gasteiger partial charge on any atom is -0.508 e. The second kappa shape index (κ2) is 6.20. The Kier molecular flexibility index (Phi) is 4.59. The average Bonchev–Trinajstić information content (AvgIpc) is 2.39. The first-order chi connectivity index (χ1) is 9.06. The lowest BCUT2D eigenvalue weighted by atomic mass is 9.86. The number of rotatable bonds is 4. The summed E-state index contributed by atoms with van der Waals surface area (Å²) < 4.78 is 0. The molecule has 0 heterocycles. The van der Waals surface area contributed by atoms with Crippen LogP contribution in [0.15, 0.2) is 24.3 Å². The molecule has 3 nitrogen and oxygen atoms in total. The van der Waals surface area contributed by atoms with Gasteiger partial charge in [0.1, 0.15) is 5.75 Å². The molecule has 1 N–H and O–H groups in total. The molecule has 1 aliphatic rings. The molecule has 0 spiro atoms. The average molecular weight is 261 g/mol. The van der Waals surface area contributed by atoms with E-state index in [0.717, 1.165) is 5.92 Å². The molecule has 1 fully saturated rings. The van der Waals surface area contributed by atoms with Crippen LogP contribution >= 0.6 is 0 Å². The molecule has 0 aliphatic heterocycles. The molecule has 2 unspecified atom stereocenters. The molecule has 1 aromatic carbocycles. The Morgan fingerprint density at radius 3 is 2.63 bits per heavy atom. The van der Waals surface area contributed by atoms with Crippen LogP contribution in [0.25, 0.3) is 0 Å². The zero-order valence-electron chi connectivity index (χ0n) is 11.8. The van der Waals surface area contributed by atoms with E-state index in [1.165, 1.54) is 25.7 Å². The van der Waals surface area contributed by atoms with Gasteiger partial charge in [0.25, 0.3) is 0 Å². The van der Waals surface area contributed by atoms with Gasteiger partial charge < -0.3 is 5.11 Å². The summed E-state index contributed by atoms with van der Waals surface area (Å²) in [7, 11) is 2.04. The van der Waals surface area contributed by atoms with Crippen molar-refractivity contribution in [1.82, 2.24) is 4.90 Å². The lowest BCUT2D eigenvalue weighted by Crippen LogP contribution is -2.38. The third-order valence-corrected chi connectivity index (χ3v) is 4.11. The minimum absolute atomic E-state index is 0.126. The highest BCUT2D eigenvalue weighted by molar-refractivity contribution is 5.97. The zero-order valence-corrected chi connectivity index (χ0v) is 11.8. The largest absolute Gasteiger partial charge is 0.508 e. The van der Waals surface area contributed by atoms with Crippen molar-refractivity contribution in [3.05, 3.63) is 29.8 Å². The number of carbonyl (C=O) groups is 1. The van der Waals surface area contributed by atoms with Crippen molar-refractivity contribution >= 4 is 5.78 Å². The molecule has 19 heavy (non-hydrogen) atoms. The first-order valence-electron chi connectivity index (χ1n) is 7.08. The molecule has 0 radical (unpaired) electrons. The quantitative estimate of drug-likeness (QED) is 0.847. The molecule has 104 valence electrons. The number of phenols is 1. The van der Waals surface area contributed by atoms with Crippen LogP contribution in [0.1, 0.15) is 43.0 Å². The lowest BCUT2D eigenvalue weighted by Gasteiger charge is -2.33. The van der Waals surface area contributed by atoms with Crippen molar-refractivity contribution in [2.75, 3.05) is 13.6 Å². The molecule has 2 atom stereocenters. The number of ketones is 1. The van der Waals surface area contributed by atoms with E-state index in [1.54, 1.807) is 24.3 Å². The number of hydrogen-bond acceptors (Lipinski definition) is 3. The molecule has 1 saturated carbocycles. The number of likely N-dealkylation sites (N-methyl/N-ethyl adjacent to an activating group) is 1. The van der Waals surface area contributed by atoms with Gasteiger partial charge in [0.2, 0.25) is 0 Å². The van der Waals surface area contributed by atoms with Crippen molar-refractivity contribution in [2.24, 2.45) is 5.92 Å². The molecule has 0 amide bonds. The Hall–Kier alpha value is -1.35. The van der Waals surface area contributed by atoms with E-state index in [1.807, 2.05) is 7.05 Å². The molecule has 0 saturated heterocycles. The molecule has 1 aliphatic carbocycles. The zero-order chi connectivity index (χ0) is 13.8. The standard InChI is InChI=1S/C16H23NO2/c1-12-4-3-5-14(10-12)17(2)11-16(19)13-6-8-15(18)9-7-13/h6-9,12,14,18H,3-5,10-11H2,1-2H3. The number of Topliss-reactive ketones (excluding diaryl/α,β-unsaturated/α-hetero) is 1. The number of carbonyl (C=O) groups excluding carboxylic acids is 1. The summed E-state index contributed by atoms with van der Waals surface area (Å²) in [6.07, 6.45) is 4.98. The smallest absolute Gasteiger partial charge is 0.176 e. The fourth-order valence-corrected chi connectivity index (χ4v) is 2.90. The molecule has 3 heteroatoms. The molecule has 1 aromatic rings. The van der Waals surface area contributed by atoms with Crippen molar-refractivity contribution in [3.63, 3.8) is 0 Å². The Morgan fingerprint density at radius 2 is 2.00 bits per heavy atom. The SMILES string of the molecule is CC1CCCC(N(C)CC(=O)c2ccc(O)cc2)C1. The minimum atomic E-state index is 0.126. The van der Waals surface area contributed by atoms with Gasteiger partial charge >= 0.3 is 0 Å². The highest BCUT2D eigenvalue weighted by atomic mass is 16.3. The van der Waals surface area contributed by atoms with Crippen LogP contribution in [0.2, 0.25) is 0 Å². The number of nitrogens with zero attached hydrogens (tertiary/aromatic N) is 1. The van der Waals surface area contributed by atoms with E-state index < -0.39 is 0 Å². The van der Waals surface area contributed by atoms with Gasteiger partial charge in [-0.1, -0.05) is 19.8 Å². The number of aromatic hydroxyl groups is 1. The first-order valence-corrected chi connectivity index (χ1v) is 7.08. The Labute approximate surface area is 115 Å². The summed E-state index contributed by atoms with van der Waals surface area (Å²) in [5, 5.41) is 9.23. The van der Waals surface area contributed by atoms with Gasteiger partial charge in [0.15, 0.2) is 5.78 Å². The lowest BCUT2D eigenvalue weighted by molar-refractivity contribution is 0.0882. The molecular formula is C16H23NO2. The molecule has 0 aromatic heterocycles. The Morgan fingerprint density at radius 1 is 1.32 bits per heavy atom. The predicted molar refractivity (Wildman–Crippen MR) is 76.5 cm³/mol. The highest BCUT2D eigenvalue weighted by Crippen LogP contribution is 2.26. The van der Waals surface area contributed by atoms with Crippen LogP contribution in [-0.4, -0.2) is 35.4 Å². The fraction of sp³-hybridized carbons (Fsp3) is 0.562. The summed E-state index contributed by atoms with van der Waals surface area (Å²) >= 11 is 0. The number of benzene rings is 1. The van der Waals surface area contributed by atoms with Gasteiger partial charge in [-0.05, 0) is 50.1 Å². The van der Waals surface area contributed by atoms with Crippen molar-refractivity contribution in [1.29, 1.82) is 0 Å². The normalized spacial score (nSPS) is 23.5. The summed E-state index contributed by atoms with van der Waals surface area (Å²) in [5.74, 6) is 1.09. The van der Waals surface area contributed by atoms with E-state index in [2.05, 4.69) is 11.8 Å². The predicted octanol–water partition coefficient (Wildman–Crippen LogP) is 3.09. The van der Waals surface area contributed by atoms with Crippen molar-refractivity contribution in [2.45, 2.75) is 38.6 Å². The first kappa shape index (κ1) is 14.1. The van der Waals surface area contributed by atoms with Crippen LogP contribution in [0.5, 0.6) is 5.75 Å². The van der Waals surface area contributed by atoms with E-state index >= 15 is 0 Å². The van der Waals surface area contributed by atoms with Crippen molar-refractivity contribution in [3.8, 4) is 5.75 Å². The van der Waals surface area contributed by atoms with Crippen LogP contribution < -0.4 is 0 Å². The van der Waals surface area contributed by atoms with Gasteiger partial charge in [0, 0.05) is 11.6 Å². The summed E-state index contributed by atoms with van der Waals surface area (Å²) in [4.78, 5) is 14.4. The number of phenolic OH excluding ortho intramolecular Hbond substituents is 1. The van der Waals surface area contributed by atoms with Gasteiger partial charge in [-0.15, -0.1) is 0 Å². The highest BCUT2D eigenvalue weighted by Gasteiger charge is 2.23. The monoisotopic (exact) mass is 261 g/mol. The summed E-state index contributed by atoms with van der Waals surface area (Å²) in [6, 6.07) is 7.04. The van der Waals surface area contributed by atoms with Gasteiger partial charge in [-0.25, -0.2) is 0 Å². The van der Waals surface area contributed by atoms with Crippen LogP contribution in [0.4, 0.5) is 0 Å². The van der Waals surface area contributed by atoms with Crippen LogP contribution in [0.3, 0.4) is 0 Å². The molecular weight excluding hydrogens is 238 g/mol. The van der Waals surface area contributed by atoms with Crippen molar-refractivity contribution < 1.29 is 9.90 Å². The van der Waals surface area contributed by atoms with E-state index in [-0.39, 0.29) is 11.5 Å². The number of hydrogen-bond donors (Lipinski definition) is 1. The van der Waals surface area contributed by atoms with Crippen LogP contribution in [0, 0.1) is 5.92 Å². The summed E-state index contributed by atoms with van der Waals surface area (Å²) in [5.41, 5.74) is 0.675. The molecule has 2 rings (SSSR count). The third-order valence-electron chi connectivity index (χ3n) is 4.11. The van der Waals surface area contributed by atoms with E-state index in [4.69, 9.17) is 0 Å². The Bertz CT molecular complexity index is 427. The van der Waals surface area contributed by atoms with E-state index in [0.29, 0.717) is 18.2 Å². The van der Waals surface area contributed by atoms with Gasteiger partial charge in [-0.2, -0.15) is 0 Å². The van der Waals surface area contributed by atoms with Gasteiger partial charge in [-0.3, -0.25) is 9.69 Å². The fourth-order valence-electron chi connectivity index (χ4n) is 2.90. The van der Waals surface area contributed by atoms with Crippen LogP contribution in [-0.2, 0) is 0 Å². The maximum Gasteiger partial charge on any atom is 0.176 e. The second-order valence-electron chi connectivity index (χ2n) is 5.81. The molecule has 0 bridgehead atoms.